The monoisotopic (exact) mass is 321 g/mol. The van der Waals surface area contributed by atoms with Crippen LogP contribution in [0.15, 0.2) is 40.8 Å². The van der Waals surface area contributed by atoms with Crippen LogP contribution in [0.1, 0.15) is 35.2 Å². The molecule has 116 valence electrons. The average Bonchev–Trinajstić information content (AvgIpc) is 2.92. The Balaban J connectivity index is 2.39. The van der Waals surface area contributed by atoms with Crippen molar-refractivity contribution in [3.8, 4) is 0 Å². The second-order valence-corrected chi connectivity index (χ2v) is 5.37. The molecule has 2 rings (SSSR count). The van der Waals surface area contributed by atoms with E-state index in [0.29, 0.717) is 16.3 Å². The first kappa shape index (κ1) is 16.1. The summed E-state index contributed by atoms with van der Waals surface area (Å²) in [5, 5.41) is 12.7. The van der Waals surface area contributed by atoms with Crippen LogP contribution < -0.4 is 5.32 Å². The molecule has 1 amide bonds. The number of rotatable bonds is 5. The van der Waals surface area contributed by atoms with E-state index in [1.54, 1.807) is 44.2 Å². The molecule has 1 aromatic heterocycles. The van der Waals surface area contributed by atoms with Crippen LogP contribution in [-0.2, 0) is 10.3 Å². The Bertz CT molecular complexity index is 692. The molecule has 0 saturated heterocycles. The van der Waals surface area contributed by atoms with Crippen LogP contribution in [-0.4, -0.2) is 17.0 Å². The van der Waals surface area contributed by atoms with Crippen LogP contribution in [0.4, 0.5) is 0 Å². The second-order valence-electron chi connectivity index (χ2n) is 4.94. The fourth-order valence-corrected chi connectivity index (χ4v) is 2.37. The van der Waals surface area contributed by atoms with Crippen molar-refractivity contribution in [2.75, 3.05) is 0 Å². The molecule has 0 aliphatic rings. The molecular formula is C16H16ClNO4. The Morgan fingerprint density at radius 1 is 1.23 bits per heavy atom. The first-order valence-electron chi connectivity index (χ1n) is 6.77. The molecule has 5 nitrogen and oxygen atoms in total. The zero-order valence-corrected chi connectivity index (χ0v) is 13.0. The third-order valence-electron chi connectivity index (χ3n) is 3.52. The molecule has 0 fully saturated rings. The summed E-state index contributed by atoms with van der Waals surface area (Å²) in [6.07, 6.45) is 0.176. The molecule has 1 heterocycles. The molecule has 1 aromatic carbocycles. The van der Waals surface area contributed by atoms with Gasteiger partial charge in [-0.3, -0.25) is 4.79 Å². The third-order valence-corrected chi connectivity index (χ3v) is 3.78. The van der Waals surface area contributed by atoms with Gasteiger partial charge in [0, 0.05) is 5.02 Å². The molecule has 0 spiro atoms. The number of aryl methyl sites for hydroxylation is 1. The van der Waals surface area contributed by atoms with E-state index < -0.39 is 17.4 Å². The smallest absolute Gasteiger partial charge is 0.334 e. The van der Waals surface area contributed by atoms with Crippen LogP contribution in [0.2, 0.25) is 5.02 Å². The summed E-state index contributed by atoms with van der Waals surface area (Å²) >= 11 is 5.84. The molecule has 1 atom stereocenters. The minimum Gasteiger partial charge on any atom is -0.479 e. The van der Waals surface area contributed by atoms with Gasteiger partial charge in [-0.05, 0) is 43.2 Å². The van der Waals surface area contributed by atoms with Crippen molar-refractivity contribution >= 4 is 23.5 Å². The van der Waals surface area contributed by atoms with E-state index in [0.717, 1.165) is 0 Å². The number of aliphatic carboxylic acids is 1. The number of furan rings is 1. The average molecular weight is 322 g/mol. The minimum absolute atomic E-state index is 0.0746. The van der Waals surface area contributed by atoms with Crippen molar-refractivity contribution in [3.63, 3.8) is 0 Å². The zero-order chi connectivity index (χ0) is 16.3. The Labute approximate surface area is 132 Å². The van der Waals surface area contributed by atoms with Crippen LogP contribution in [0, 0.1) is 6.92 Å². The Hall–Kier alpha value is -2.27. The van der Waals surface area contributed by atoms with Gasteiger partial charge >= 0.3 is 5.97 Å². The number of carbonyl (C=O) groups is 2. The fourth-order valence-electron chi connectivity index (χ4n) is 2.24. The number of hydrogen-bond acceptors (Lipinski definition) is 3. The number of amides is 1. The fraction of sp³-hybridized carbons (Fsp3) is 0.250. The lowest BCUT2D eigenvalue weighted by atomic mass is 9.87. The SMILES string of the molecule is CCC(NC(=O)c1ccc(C)o1)(C(=O)O)c1ccc(Cl)cc1. The van der Waals surface area contributed by atoms with Crippen molar-refractivity contribution in [1.82, 2.24) is 5.32 Å². The van der Waals surface area contributed by atoms with Gasteiger partial charge in [0.05, 0.1) is 0 Å². The van der Waals surface area contributed by atoms with Gasteiger partial charge in [0.1, 0.15) is 5.76 Å². The molecule has 0 radical (unpaired) electrons. The van der Waals surface area contributed by atoms with Gasteiger partial charge in [-0.25, -0.2) is 4.79 Å². The van der Waals surface area contributed by atoms with E-state index >= 15 is 0 Å². The van der Waals surface area contributed by atoms with Crippen molar-refractivity contribution in [1.29, 1.82) is 0 Å². The number of nitrogens with one attached hydrogen (secondary N) is 1. The molecule has 2 aromatic rings. The quantitative estimate of drug-likeness (QED) is 0.885. The summed E-state index contributed by atoms with van der Waals surface area (Å²) in [5.74, 6) is -1.07. The van der Waals surface area contributed by atoms with Gasteiger partial charge < -0.3 is 14.8 Å². The number of hydrogen-bond donors (Lipinski definition) is 2. The van der Waals surface area contributed by atoms with Crippen LogP contribution in [0.3, 0.4) is 0 Å². The number of carbonyl (C=O) groups excluding carboxylic acids is 1. The maximum Gasteiger partial charge on any atom is 0.334 e. The van der Waals surface area contributed by atoms with E-state index in [9.17, 15) is 14.7 Å². The largest absolute Gasteiger partial charge is 0.479 e. The molecule has 1 unspecified atom stereocenters. The first-order chi connectivity index (χ1) is 10.4. The molecule has 0 aliphatic carbocycles. The van der Waals surface area contributed by atoms with Crippen molar-refractivity contribution in [2.45, 2.75) is 25.8 Å². The maximum atomic E-state index is 12.3. The summed E-state index contributed by atoms with van der Waals surface area (Å²) < 4.78 is 5.24. The molecule has 0 bridgehead atoms. The first-order valence-corrected chi connectivity index (χ1v) is 7.15. The standard InChI is InChI=1S/C16H16ClNO4/c1-3-16(15(20)21,11-5-7-12(17)8-6-11)18-14(19)13-9-4-10(2)22-13/h4-9H,3H2,1-2H3,(H,18,19)(H,20,21). The van der Waals surface area contributed by atoms with Gasteiger partial charge in [0.25, 0.3) is 5.91 Å². The van der Waals surface area contributed by atoms with Crippen LogP contribution in [0.5, 0.6) is 0 Å². The van der Waals surface area contributed by atoms with Gasteiger partial charge in [0.2, 0.25) is 0 Å². The molecule has 2 N–H and O–H groups in total. The van der Waals surface area contributed by atoms with E-state index in [-0.39, 0.29) is 12.2 Å². The van der Waals surface area contributed by atoms with Crippen molar-refractivity contribution < 1.29 is 19.1 Å². The van der Waals surface area contributed by atoms with E-state index in [4.69, 9.17) is 16.0 Å². The number of carboxylic acids is 1. The van der Waals surface area contributed by atoms with Crippen LogP contribution >= 0.6 is 11.6 Å². The highest BCUT2D eigenvalue weighted by molar-refractivity contribution is 6.30. The highest BCUT2D eigenvalue weighted by atomic mass is 35.5. The number of carboxylic acid groups (broad SMARTS) is 1. The lowest BCUT2D eigenvalue weighted by molar-refractivity contribution is -0.145. The Morgan fingerprint density at radius 3 is 2.32 bits per heavy atom. The van der Waals surface area contributed by atoms with E-state index in [1.165, 1.54) is 6.07 Å². The summed E-state index contributed by atoms with van der Waals surface area (Å²) in [6, 6.07) is 9.52. The van der Waals surface area contributed by atoms with Crippen molar-refractivity contribution in [2.24, 2.45) is 0 Å². The highest BCUT2D eigenvalue weighted by Gasteiger charge is 2.41. The molecular weight excluding hydrogens is 306 g/mol. The topological polar surface area (TPSA) is 79.5 Å². The predicted octanol–water partition coefficient (Wildman–Crippen LogP) is 3.36. The summed E-state index contributed by atoms with van der Waals surface area (Å²) in [6.45, 7) is 3.40. The summed E-state index contributed by atoms with van der Waals surface area (Å²) in [7, 11) is 0. The maximum absolute atomic E-state index is 12.3. The van der Waals surface area contributed by atoms with E-state index in [1.807, 2.05) is 0 Å². The Morgan fingerprint density at radius 2 is 1.86 bits per heavy atom. The van der Waals surface area contributed by atoms with Crippen LogP contribution in [0.25, 0.3) is 0 Å². The molecule has 0 aliphatic heterocycles. The van der Waals surface area contributed by atoms with E-state index in [2.05, 4.69) is 5.32 Å². The zero-order valence-electron chi connectivity index (χ0n) is 12.2. The lowest BCUT2D eigenvalue weighted by Crippen LogP contribution is -2.51. The third kappa shape index (κ3) is 2.99. The van der Waals surface area contributed by atoms with Crippen molar-refractivity contribution in [3.05, 3.63) is 58.5 Å². The lowest BCUT2D eigenvalue weighted by Gasteiger charge is -2.29. The second kappa shape index (κ2) is 6.23. The molecule has 22 heavy (non-hydrogen) atoms. The molecule has 0 saturated carbocycles. The van der Waals surface area contributed by atoms with Gasteiger partial charge in [-0.1, -0.05) is 30.7 Å². The Kier molecular flexibility index (Phi) is 4.56. The normalized spacial score (nSPS) is 13.4. The number of benzene rings is 1. The van der Waals surface area contributed by atoms with Gasteiger partial charge in [0.15, 0.2) is 11.3 Å². The molecule has 6 heteroatoms. The number of halogens is 1. The predicted molar refractivity (Wildman–Crippen MR) is 82.0 cm³/mol. The summed E-state index contributed by atoms with van der Waals surface area (Å²) in [5.41, 5.74) is -1.09. The van der Waals surface area contributed by atoms with Gasteiger partial charge in [-0.15, -0.1) is 0 Å². The van der Waals surface area contributed by atoms with Gasteiger partial charge in [-0.2, -0.15) is 0 Å². The highest BCUT2D eigenvalue weighted by Crippen LogP contribution is 2.27. The minimum atomic E-state index is -1.54. The summed E-state index contributed by atoms with van der Waals surface area (Å²) in [4.78, 5) is 24.1.